The van der Waals surface area contributed by atoms with Crippen molar-refractivity contribution in [3.05, 3.63) is 0 Å². The molecule has 0 amide bonds. The first-order chi connectivity index (χ1) is 4.91. The molecule has 0 rings (SSSR count). The number of hydrogen-bond donors (Lipinski definition) is 1. The van der Waals surface area contributed by atoms with E-state index < -0.39 is 0 Å². The molecule has 1 N–H and O–H groups in total. The zero-order valence-corrected chi connectivity index (χ0v) is 7.63. The fourth-order valence-electron chi connectivity index (χ4n) is 0.445. The molecule has 0 atom stereocenters. The number of aliphatic hydroxyl groups is 1. The van der Waals surface area contributed by atoms with Gasteiger partial charge in [-0.15, -0.1) is 0 Å². The third-order valence-corrected chi connectivity index (χ3v) is 1.18. The molecule has 61 valence electrons. The zero-order chi connectivity index (χ0) is 7.66. The SMILES string of the molecule is OCCOCCOCC[Se]. The van der Waals surface area contributed by atoms with Crippen LogP contribution in [0.15, 0.2) is 0 Å². The average molecular weight is 212 g/mol. The molecule has 10 heavy (non-hydrogen) atoms. The third-order valence-electron chi connectivity index (χ3n) is 0.835. The van der Waals surface area contributed by atoms with Gasteiger partial charge in [0.2, 0.25) is 0 Å². The minimum absolute atomic E-state index is 0.0849. The van der Waals surface area contributed by atoms with Gasteiger partial charge >= 0.3 is 68.9 Å². The van der Waals surface area contributed by atoms with Crippen molar-refractivity contribution in [3.8, 4) is 0 Å². The third kappa shape index (κ3) is 8.40. The normalized spacial score (nSPS) is 10.2. The van der Waals surface area contributed by atoms with Crippen LogP contribution in [-0.4, -0.2) is 54.2 Å². The molecular formula is C6H13O3Se. The first kappa shape index (κ1) is 10.4. The molecule has 0 bridgehead atoms. The van der Waals surface area contributed by atoms with Crippen molar-refractivity contribution in [2.75, 3.05) is 33.0 Å². The molecule has 0 heterocycles. The first-order valence-electron chi connectivity index (χ1n) is 3.26. The monoisotopic (exact) mass is 213 g/mol. The molecule has 0 saturated heterocycles. The number of aliphatic hydroxyl groups excluding tert-OH is 1. The van der Waals surface area contributed by atoms with Gasteiger partial charge in [-0.2, -0.15) is 0 Å². The number of rotatable bonds is 7. The molecule has 0 saturated carbocycles. The van der Waals surface area contributed by atoms with Gasteiger partial charge in [0.05, 0.1) is 0 Å². The van der Waals surface area contributed by atoms with E-state index in [9.17, 15) is 0 Å². The van der Waals surface area contributed by atoms with Crippen molar-refractivity contribution in [3.63, 3.8) is 0 Å². The fourth-order valence-corrected chi connectivity index (χ4v) is 0.693. The van der Waals surface area contributed by atoms with E-state index >= 15 is 0 Å². The van der Waals surface area contributed by atoms with Crippen LogP contribution >= 0.6 is 0 Å². The van der Waals surface area contributed by atoms with Crippen LogP contribution in [0, 0.1) is 0 Å². The summed E-state index contributed by atoms with van der Waals surface area (Å²) in [6.07, 6.45) is 0. The maximum absolute atomic E-state index is 8.30. The summed E-state index contributed by atoms with van der Waals surface area (Å²) < 4.78 is 10.0. The number of ether oxygens (including phenoxy) is 2. The molecule has 0 aliphatic carbocycles. The Bertz CT molecular complexity index is 53.0. The van der Waals surface area contributed by atoms with Gasteiger partial charge in [0, 0.05) is 0 Å². The van der Waals surface area contributed by atoms with E-state index in [4.69, 9.17) is 14.6 Å². The molecule has 0 aromatic carbocycles. The van der Waals surface area contributed by atoms with E-state index in [-0.39, 0.29) is 6.61 Å². The van der Waals surface area contributed by atoms with E-state index in [2.05, 4.69) is 16.0 Å². The zero-order valence-electron chi connectivity index (χ0n) is 5.91. The van der Waals surface area contributed by atoms with E-state index in [1.165, 1.54) is 0 Å². The van der Waals surface area contributed by atoms with Crippen LogP contribution in [0.1, 0.15) is 0 Å². The molecule has 4 heteroatoms. The van der Waals surface area contributed by atoms with Gasteiger partial charge in [0.1, 0.15) is 0 Å². The van der Waals surface area contributed by atoms with Crippen molar-refractivity contribution < 1.29 is 14.6 Å². The molecule has 0 unspecified atom stereocenters. The summed E-state index contributed by atoms with van der Waals surface area (Å²) in [5.41, 5.74) is 0. The van der Waals surface area contributed by atoms with E-state index in [0.29, 0.717) is 19.8 Å². The maximum atomic E-state index is 8.30. The molecule has 3 nitrogen and oxygen atoms in total. The molecule has 0 aromatic heterocycles. The van der Waals surface area contributed by atoms with Gasteiger partial charge in [-0.1, -0.05) is 0 Å². The van der Waals surface area contributed by atoms with Gasteiger partial charge in [-0.25, -0.2) is 0 Å². The van der Waals surface area contributed by atoms with E-state index in [1.807, 2.05) is 0 Å². The number of hydrogen-bond acceptors (Lipinski definition) is 3. The second-order valence-electron chi connectivity index (χ2n) is 1.65. The molecule has 0 aromatic rings. The Hall–Kier alpha value is 0.399. The summed E-state index contributed by atoms with van der Waals surface area (Å²) in [4.78, 5) is 0. The van der Waals surface area contributed by atoms with Crippen molar-refractivity contribution in [2.24, 2.45) is 0 Å². The fraction of sp³-hybridized carbons (Fsp3) is 1.00. The van der Waals surface area contributed by atoms with Crippen LogP contribution < -0.4 is 0 Å². The summed E-state index contributed by atoms with van der Waals surface area (Å²) in [7, 11) is 0. The van der Waals surface area contributed by atoms with Crippen LogP contribution in [0.3, 0.4) is 0 Å². The predicted molar refractivity (Wildman–Crippen MR) is 39.3 cm³/mol. The van der Waals surface area contributed by atoms with Crippen LogP contribution in [0.4, 0.5) is 0 Å². The first-order valence-corrected chi connectivity index (χ1v) is 4.47. The summed E-state index contributed by atoms with van der Waals surface area (Å²) in [6, 6.07) is 0. The standard InChI is InChI=1S/C6H13O3Se/c7-1-2-8-3-4-9-5-6-10/h7H,1-6H2. The van der Waals surface area contributed by atoms with Crippen LogP contribution in [0.25, 0.3) is 0 Å². The van der Waals surface area contributed by atoms with Crippen LogP contribution in [-0.2, 0) is 9.47 Å². The quantitative estimate of drug-likeness (QED) is 0.461. The van der Waals surface area contributed by atoms with Crippen molar-refractivity contribution in [2.45, 2.75) is 5.32 Å². The molecular weight excluding hydrogens is 199 g/mol. The van der Waals surface area contributed by atoms with Crippen molar-refractivity contribution in [1.82, 2.24) is 0 Å². The second-order valence-corrected chi connectivity index (χ2v) is 2.51. The van der Waals surface area contributed by atoms with Crippen LogP contribution in [0.2, 0.25) is 5.32 Å². The van der Waals surface area contributed by atoms with Crippen LogP contribution in [0.5, 0.6) is 0 Å². The Morgan fingerprint density at radius 1 is 1.00 bits per heavy atom. The van der Waals surface area contributed by atoms with Gasteiger partial charge in [0.25, 0.3) is 0 Å². The van der Waals surface area contributed by atoms with Gasteiger partial charge in [-0.05, 0) is 0 Å². The average Bonchev–Trinajstić information content (AvgIpc) is 1.97. The van der Waals surface area contributed by atoms with E-state index in [1.54, 1.807) is 0 Å². The van der Waals surface area contributed by atoms with Crippen molar-refractivity contribution >= 4 is 16.0 Å². The molecule has 0 aliphatic heterocycles. The Morgan fingerprint density at radius 3 is 2.10 bits per heavy atom. The molecule has 0 aliphatic rings. The van der Waals surface area contributed by atoms with Crippen molar-refractivity contribution in [1.29, 1.82) is 0 Å². The summed E-state index contributed by atoms with van der Waals surface area (Å²) in [6.45, 7) is 2.41. The second kappa shape index (κ2) is 9.40. The molecule has 1 radical (unpaired) electrons. The van der Waals surface area contributed by atoms with Gasteiger partial charge in [-0.3, -0.25) is 0 Å². The minimum atomic E-state index is 0.0849. The van der Waals surface area contributed by atoms with Gasteiger partial charge in [0.15, 0.2) is 0 Å². The Morgan fingerprint density at radius 2 is 1.60 bits per heavy atom. The molecule has 0 spiro atoms. The van der Waals surface area contributed by atoms with E-state index in [0.717, 1.165) is 11.9 Å². The summed E-state index contributed by atoms with van der Waals surface area (Å²) >= 11 is 2.84. The Kier molecular flexibility index (Phi) is 9.77. The Balaban J connectivity index is 2.65. The Labute approximate surface area is 69.5 Å². The topological polar surface area (TPSA) is 38.7 Å². The van der Waals surface area contributed by atoms with Gasteiger partial charge < -0.3 is 0 Å². The molecule has 0 fully saturated rings. The summed E-state index contributed by atoms with van der Waals surface area (Å²) in [5.74, 6) is 0. The summed E-state index contributed by atoms with van der Waals surface area (Å²) in [5, 5.41) is 9.21. The predicted octanol–water partition coefficient (Wildman–Crippen LogP) is -0.401.